The van der Waals surface area contributed by atoms with Crippen LogP contribution in [0.5, 0.6) is 5.75 Å². The van der Waals surface area contributed by atoms with Crippen LogP contribution in [-0.2, 0) is 4.79 Å². The van der Waals surface area contributed by atoms with E-state index in [-0.39, 0.29) is 17.9 Å². The predicted octanol–water partition coefficient (Wildman–Crippen LogP) is 2.18. The highest BCUT2D eigenvalue weighted by molar-refractivity contribution is 7.14. The Morgan fingerprint density at radius 3 is 2.48 bits per heavy atom. The number of nitrogens with one attached hydrogen (secondary N) is 2. The summed E-state index contributed by atoms with van der Waals surface area (Å²) in [6.07, 6.45) is 0. The first kappa shape index (κ1) is 21.1. The number of benzene rings is 1. The molecule has 1 aliphatic rings. The molecule has 0 bridgehead atoms. The maximum absolute atomic E-state index is 12.8. The first-order valence-electron chi connectivity index (χ1n) is 9.62. The van der Waals surface area contributed by atoms with E-state index >= 15 is 0 Å². The van der Waals surface area contributed by atoms with E-state index in [0.717, 1.165) is 11.4 Å². The van der Waals surface area contributed by atoms with Crippen molar-refractivity contribution < 1.29 is 14.3 Å². The van der Waals surface area contributed by atoms with Gasteiger partial charge in [0.15, 0.2) is 5.13 Å². The van der Waals surface area contributed by atoms with Gasteiger partial charge in [0.2, 0.25) is 5.91 Å². The van der Waals surface area contributed by atoms with E-state index in [1.54, 1.807) is 17.4 Å². The molecule has 0 atom stereocenters. The number of hydrogen-bond acceptors (Lipinski definition) is 7. The van der Waals surface area contributed by atoms with E-state index < -0.39 is 0 Å². The third-order valence-electron chi connectivity index (χ3n) is 4.54. The topological polar surface area (TPSA) is 86.8 Å². The summed E-state index contributed by atoms with van der Waals surface area (Å²) in [5, 5.41) is 8.54. The van der Waals surface area contributed by atoms with E-state index in [1.165, 1.54) is 11.3 Å². The molecular formula is C20H27N5O3S. The van der Waals surface area contributed by atoms with Gasteiger partial charge in [-0.05, 0) is 38.1 Å². The Hall–Kier alpha value is -2.65. The highest BCUT2D eigenvalue weighted by Crippen LogP contribution is 2.23. The van der Waals surface area contributed by atoms with Gasteiger partial charge in [0, 0.05) is 43.3 Å². The molecule has 2 heterocycles. The van der Waals surface area contributed by atoms with Crippen LogP contribution in [-0.4, -0.2) is 72.5 Å². The Kier molecular flexibility index (Phi) is 7.05. The zero-order valence-corrected chi connectivity index (χ0v) is 17.8. The zero-order chi connectivity index (χ0) is 20.8. The smallest absolute Gasteiger partial charge is 0.273 e. The van der Waals surface area contributed by atoms with Gasteiger partial charge >= 0.3 is 0 Å². The maximum Gasteiger partial charge on any atom is 0.273 e. The van der Waals surface area contributed by atoms with Crippen LogP contribution >= 0.6 is 11.3 Å². The van der Waals surface area contributed by atoms with E-state index in [2.05, 4.69) is 20.5 Å². The lowest BCUT2D eigenvalue weighted by Crippen LogP contribution is -2.51. The van der Waals surface area contributed by atoms with Gasteiger partial charge in [-0.25, -0.2) is 4.98 Å². The molecule has 0 radical (unpaired) electrons. The first-order valence-corrected chi connectivity index (χ1v) is 10.5. The third kappa shape index (κ3) is 5.91. The zero-order valence-electron chi connectivity index (χ0n) is 17.0. The van der Waals surface area contributed by atoms with Gasteiger partial charge < -0.3 is 20.3 Å². The molecule has 1 fully saturated rings. The van der Waals surface area contributed by atoms with Crippen molar-refractivity contribution in [1.29, 1.82) is 0 Å². The number of thiazole rings is 1. The summed E-state index contributed by atoms with van der Waals surface area (Å²) in [6, 6.07) is 7.66. The number of anilines is 2. The molecule has 1 aliphatic heterocycles. The molecule has 0 unspecified atom stereocenters. The predicted molar refractivity (Wildman–Crippen MR) is 114 cm³/mol. The number of aromatic nitrogens is 1. The maximum atomic E-state index is 12.8. The Morgan fingerprint density at radius 1 is 1.17 bits per heavy atom. The normalized spacial score (nSPS) is 14.7. The van der Waals surface area contributed by atoms with Crippen LogP contribution in [0.25, 0.3) is 0 Å². The molecular weight excluding hydrogens is 390 g/mol. The fraction of sp³-hybridized carbons (Fsp3) is 0.450. The molecule has 2 amide bonds. The number of nitrogens with zero attached hydrogens (tertiary/aromatic N) is 3. The molecule has 1 saturated heterocycles. The molecule has 1 aromatic carbocycles. The summed E-state index contributed by atoms with van der Waals surface area (Å²) >= 11 is 1.40. The fourth-order valence-corrected chi connectivity index (χ4v) is 3.77. The number of methoxy groups -OCH3 is 1. The average molecular weight is 418 g/mol. The molecule has 8 nitrogen and oxygen atoms in total. The van der Waals surface area contributed by atoms with Crippen molar-refractivity contribution in [1.82, 2.24) is 20.1 Å². The van der Waals surface area contributed by atoms with Crippen LogP contribution in [0.4, 0.5) is 10.8 Å². The second kappa shape index (κ2) is 9.71. The highest BCUT2D eigenvalue weighted by atomic mass is 32.1. The van der Waals surface area contributed by atoms with Gasteiger partial charge in [0.05, 0.1) is 13.7 Å². The molecule has 2 N–H and O–H groups in total. The Bertz CT molecular complexity index is 829. The van der Waals surface area contributed by atoms with Gasteiger partial charge in [-0.1, -0.05) is 0 Å². The van der Waals surface area contributed by atoms with Crippen molar-refractivity contribution >= 4 is 34.0 Å². The summed E-state index contributed by atoms with van der Waals surface area (Å²) in [4.78, 5) is 32.9. The average Bonchev–Trinajstić information content (AvgIpc) is 3.16. The van der Waals surface area contributed by atoms with E-state index in [0.29, 0.717) is 43.5 Å². The lowest BCUT2D eigenvalue weighted by molar-refractivity contribution is -0.123. The van der Waals surface area contributed by atoms with Crippen LogP contribution in [0.1, 0.15) is 24.3 Å². The summed E-state index contributed by atoms with van der Waals surface area (Å²) < 4.78 is 5.15. The van der Waals surface area contributed by atoms with Crippen LogP contribution in [0.15, 0.2) is 29.6 Å². The Morgan fingerprint density at radius 2 is 1.86 bits per heavy atom. The number of amides is 2. The number of rotatable bonds is 7. The Balaban J connectivity index is 1.50. The summed E-state index contributed by atoms with van der Waals surface area (Å²) in [7, 11) is 1.63. The first-order chi connectivity index (χ1) is 13.9. The minimum Gasteiger partial charge on any atom is -0.497 e. The van der Waals surface area contributed by atoms with Crippen LogP contribution in [0.3, 0.4) is 0 Å². The van der Waals surface area contributed by atoms with Crippen LogP contribution < -0.4 is 15.4 Å². The molecule has 3 rings (SSSR count). The summed E-state index contributed by atoms with van der Waals surface area (Å²) in [5.74, 6) is 0.732. The summed E-state index contributed by atoms with van der Waals surface area (Å²) in [5.41, 5.74) is 1.32. The molecule has 156 valence electrons. The van der Waals surface area contributed by atoms with Crippen molar-refractivity contribution in [2.45, 2.75) is 19.9 Å². The second-order valence-electron chi connectivity index (χ2n) is 7.18. The Labute approximate surface area is 174 Å². The monoisotopic (exact) mass is 417 g/mol. The van der Waals surface area contributed by atoms with Crippen LogP contribution in [0.2, 0.25) is 0 Å². The van der Waals surface area contributed by atoms with E-state index in [9.17, 15) is 9.59 Å². The largest absolute Gasteiger partial charge is 0.497 e. The van der Waals surface area contributed by atoms with Crippen molar-refractivity contribution in [3.05, 3.63) is 35.3 Å². The number of hydrogen-bond donors (Lipinski definition) is 2. The highest BCUT2D eigenvalue weighted by Gasteiger charge is 2.25. The van der Waals surface area contributed by atoms with E-state index in [1.807, 2.05) is 38.1 Å². The third-order valence-corrected chi connectivity index (χ3v) is 5.30. The lowest BCUT2D eigenvalue weighted by Gasteiger charge is -2.34. The minimum absolute atomic E-state index is 0.0218. The lowest BCUT2D eigenvalue weighted by atomic mass is 10.2. The van der Waals surface area contributed by atoms with Gasteiger partial charge in [0.1, 0.15) is 11.4 Å². The molecule has 0 spiro atoms. The van der Waals surface area contributed by atoms with Gasteiger partial charge in [-0.15, -0.1) is 11.3 Å². The van der Waals surface area contributed by atoms with E-state index in [4.69, 9.17) is 4.74 Å². The van der Waals surface area contributed by atoms with Crippen molar-refractivity contribution in [3.8, 4) is 5.75 Å². The number of carbonyl (C=O) groups is 2. The fourth-order valence-electron chi connectivity index (χ4n) is 3.07. The summed E-state index contributed by atoms with van der Waals surface area (Å²) in [6.45, 7) is 6.79. The second-order valence-corrected chi connectivity index (χ2v) is 8.04. The molecule has 2 aromatic rings. The van der Waals surface area contributed by atoms with Crippen LogP contribution in [0, 0.1) is 0 Å². The minimum atomic E-state index is -0.0738. The standard InChI is InChI=1S/C20H27N5O3S/c1-14(2)21-18(26)12-24-8-10-25(11-9-24)19(27)17-13-29-20(23-17)22-15-4-6-16(28-3)7-5-15/h4-7,13-14H,8-12H2,1-3H3,(H,21,26)(H,22,23). The molecule has 0 saturated carbocycles. The number of carbonyl (C=O) groups excluding carboxylic acids is 2. The molecule has 9 heteroatoms. The molecule has 0 aliphatic carbocycles. The van der Waals surface area contributed by atoms with Crippen molar-refractivity contribution in [2.24, 2.45) is 0 Å². The van der Waals surface area contributed by atoms with Crippen molar-refractivity contribution in [3.63, 3.8) is 0 Å². The number of piperazine rings is 1. The SMILES string of the molecule is COc1ccc(Nc2nc(C(=O)N3CCN(CC(=O)NC(C)C)CC3)cs2)cc1. The quantitative estimate of drug-likeness (QED) is 0.718. The van der Waals surface area contributed by atoms with Gasteiger partial charge in [-0.3, -0.25) is 14.5 Å². The number of ether oxygens (including phenoxy) is 1. The van der Waals surface area contributed by atoms with Gasteiger partial charge in [-0.2, -0.15) is 0 Å². The van der Waals surface area contributed by atoms with Gasteiger partial charge in [0.25, 0.3) is 5.91 Å². The molecule has 1 aromatic heterocycles. The molecule has 29 heavy (non-hydrogen) atoms. The van der Waals surface area contributed by atoms with Crippen molar-refractivity contribution in [2.75, 3.05) is 45.2 Å².